The van der Waals surface area contributed by atoms with Crippen molar-refractivity contribution in [2.24, 2.45) is 0 Å². The minimum atomic E-state index is -0.0376. The zero-order valence-electron chi connectivity index (χ0n) is 15.3. The van der Waals surface area contributed by atoms with E-state index < -0.39 is 0 Å². The normalized spacial score (nSPS) is 17.0. The van der Waals surface area contributed by atoms with Crippen molar-refractivity contribution in [1.29, 1.82) is 0 Å². The van der Waals surface area contributed by atoms with E-state index >= 15 is 0 Å². The first-order chi connectivity index (χ1) is 13.0. The Labute approximate surface area is 169 Å². The molecule has 0 radical (unpaired) electrons. The molecule has 5 nitrogen and oxygen atoms in total. The molecule has 142 valence electrons. The molecule has 1 aromatic carbocycles. The van der Waals surface area contributed by atoms with E-state index in [1.54, 1.807) is 18.2 Å². The van der Waals surface area contributed by atoms with Crippen LogP contribution in [0.2, 0.25) is 10.0 Å². The van der Waals surface area contributed by atoms with Crippen LogP contribution >= 0.6 is 23.2 Å². The van der Waals surface area contributed by atoms with E-state index in [1.807, 2.05) is 11.8 Å². The second-order valence-electron chi connectivity index (χ2n) is 7.17. The van der Waals surface area contributed by atoms with Gasteiger partial charge in [0.25, 0.3) is 5.91 Å². The number of hydrogen-bond donors (Lipinski definition) is 0. The summed E-state index contributed by atoms with van der Waals surface area (Å²) in [6.07, 6.45) is 4.38. The van der Waals surface area contributed by atoms with Gasteiger partial charge in [0.1, 0.15) is 11.6 Å². The molecule has 3 heterocycles. The molecule has 1 amide bonds. The first kappa shape index (κ1) is 18.5. The van der Waals surface area contributed by atoms with Crippen LogP contribution in [0, 0.1) is 6.92 Å². The number of amides is 1. The first-order valence-electron chi connectivity index (χ1n) is 9.38. The number of aromatic nitrogens is 2. The number of nitrogens with zero attached hydrogens (tertiary/aromatic N) is 4. The first-order valence-corrected chi connectivity index (χ1v) is 10.1. The van der Waals surface area contributed by atoms with Crippen molar-refractivity contribution >= 4 is 34.9 Å². The van der Waals surface area contributed by atoms with Crippen LogP contribution in [0.5, 0.6) is 0 Å². The number of anilines is 1. The van der Waals surface area contributed by atoms with E-state index in [0.29, 0.717) is 28.7 Å². The fourth-order valence-electron chi connectivity index (χ4n) is 3.87. The Morgan fingerprint density at radius 1 is 1.04 bits per heavy atom. The van der Waals surface area contributed by atoms with Crippen molar-refractivity contribution in [3.63, 3.8) is 0 Å². The van der Waals surface area contributed by atoms with Crippen LogP contribution in [0.25, 0.3) is 0 Å². The molecule has 1 fully saturated rings. The lowest BCUT2D eigenvalue weighted by molar-refractivity contribution is 0.0733. The van der Waals surface area contributed by atoms with Crippen LogP contribution in [-0.2, 0) is 13.0 Å². The van der Waals surface area contributed by atoms with Crippen molar-refractivity contribution < 1.29 is 4.79 Å². The average molecular weight is 405 g/mol. The molecule has 27 heavy (non-hydrogen) atoms. The van der Waals surface area contributed by atoms with E-state index in [-0.39, 0.29) is 5.91 Å². The van der Waals surface area contributed by atoms with E-state index in [2.05, 4.69) is 9.88 Å². The molecule has 4 rings (SSSR count). The largest absolute Gasteiger partial charge is 0.356 e. The van der Waals surface area contributed by atoms with Gasteiger partial charge in [-0.15, -0.1) is 0 Å². The molecule has 2 aliphatic rings. The molecule has 0 saturated carbocycles. The molecule has 0 bridgehead atoms. The van der Waals surface area contributed by atoms with Crippen LogP contribution in [-0.4, -0.2) is 40.4 Å². The second-order valence-corrected chi connectivity index (χ2v) is 7.99. The average Bonchev–Trinajstić information content (AvgIpc) is 2.69. The molecule has 2 aliphatic heterocycles. The predicted molar refractivity (Wildman–Crippen MR) is 108 cm³/mol. The van der Waals surface area contributed by atoms with Gasteiger partial charge in [-0.25, -0.2) is 9.97 Å². The van der Waals surface area contributed by atoms with Gasteiger partial charge in [0.05, 0.1) is 22.3 Å². The summed E-state index contributed by atoms with van der Waals surface area (Å²) in [5.41, 5.74) is 2.71. The highest BCUT2D eigenvalue weighted by molar-refractivity contribution is 6.42. The number of carbonyl (C=O) groups excluding carboxylic acids is 1. The number of carbonyl (C=O) groups is 1. The summed E-state index contributed by atoms with van der Waals surface area (Å²) in [4.78, 5) is 26.6. The van der Waals surface area contributed by atoms with E-state index in [1.165, 1.54) is 19.3 Å². The zero-order chi connectivity index (χ0) is 19.0. The van der Waals surface area contributed by atoms with Crippen LogP contribution in [0.1, 0.15) is 46.7 Å². The van der Waals surface area contributed by atoms with Gasteiger partial charge in [0.2, 0.25) is 0 Å². The third kappa shape index (κ3) is 3.76. The standard InChI is InChI=1S/C20H22Cl2N4O/c1-13-23-18-7-10-26(20(27)14-5-6-16(21)17(22)11-14)12-15(18)19(24-13)25-8-3-2-4-9-25/h5-6,11H,2-4,7-10,12H2,1H3. The monoisotopic (exact) mass is 404 g/mol. The van der Waals surface area contributed by atoms with Gasteiger partial charge in [-0.05, 0) is 44.4 Å². The Kier molecular flexibility index (Phi) is 5.24. The van der Waals surface area contributed by atoms with Crippen molar-refractivity contribution in [3.8, 4) is 0 Å². The molecule has 1 saturated heterocycles. The number of halogens is 2. The lowest BCUT2D eigenvalue weighted by Gasteiger charge is -2.34. The molecular weight excluding hydrogens is 383 g/mol. The molecule has 7 heteroatoms. The number of rotatable bonds is 2. The highest BCUT2D eigenvalue weighted by Crippen LogP contribution is 2.30. The molecule has 0 aliphatic carbocycles. The van der Waals surface area contributed by atoms with E-state index in [4.69, 9.17) is 28.2 Å². The van der Waals surface area contributed by atoms with Crippen molar-refractivity contribution in [2.45, 2.75) is 39.2 Å². The lowest BCUT2D eigenvalue weighted by Crippen LogP contribution is -2.39. The highest BCUT2D eigenvalue weighted by atomic mass is 35.5. The molecule has 0 unspecified atom stereocenters. The predicted octanol–water partition coefficient (Wildman–Crippen LogP) is 4.28. The summed E-state index contributed by atoms with van der Waals surface area (Å²) in [5.74, 6) is 1.77. The number of benzene rings is 1. The van der Waals surface area contributed by atoms with Gasteiger partial charge < -0.3 is 9.80 Å². The second kappa shape index (κ2) is 7.64. The lowest BCUT2D eigenvalue weighted by atomic mass is 10.0. The summed E-state index contributed by atoms with van der Waals surface area (Å²) in [5, 5.41) is 0.848. The molecular formula is C20H22Cl2N4O. The SMILES string of the molecule is Cc1nc2c(c(N3CCCCC3)n1)CN(C(=O)c1ccc(Cl)c(Cl)c1)CC2. The molecule has 0 atom stereocenters. The Hall–Kier alpha value is -1.85. The molecule has 2 aromatic rings. The van der Waals surface area contributed by atoms with Crippen LogP contribution in [0.4, 0.5) is 5.82 Å². The maximum atomic E-state index is 13.0. The smallest absolute Gasteiger partial charge is 0.254 e. The number of fused-ring (bicyclic) bond motifs is 1. The van der Waals surface area contributed by atoms with Crippen molar-refractivity contribution in [3.05, 3.63) is 50.9 Å². The molecule has 1 aromatic heterocycles. The fraction of sp³-hybridized carbons (Fsp3) is 0.450. The van der Waals surface area contributed by atoms with Crippen molar-refractivity contribution in [2.75, 3.05) is 24.5 Å². The van der Waals surface area contributed by atoms with Gasteiger partial charge in [-0.3, -0.25) is 4.79 Å². The topological polar surface area (TPSA) is 49.3 Å². The quantitative estimate of drug-likeness (QED) is 0.749. The summed E-state index contributed by atoms with van der Waals surface area (Å²) >= 11 is 12.1. The Morgan fingerprint density at radius 3 is 2.56 bits per heavy atom. The summed E-state index contributed by atoms with van der Waals surface area (Å²) < 4.78 is 0. The van der Waals surface area contributed by atoms with Crippen LogP contribution in [0.15, 0.2) is 18.2 Å². The molecule has 0 spiro atoms. The Morgan fingerprint density at radius 2 is 1.81 bits per heavy atom. The molecule has 0 N–H and O–H groups in total. The van der Waals surface area contributed by atoms with Crippen LogP contribution in [0.3, 0.4) is 0 Å². The van der Waals surface area contributed by atoms with Gasteiger partial charge in [-0.2, -0.15) is 0 Å². The number of piperidine rings is 1. The summed E-state index contributed by atoms with van der Waals surface area (Å²) in [6.45, 7) is 5.15. The number of aryl methyl sites for hydroxylation is 1. The fourth-order valence-corrected chi connectivity index (χ4v) is 4.17. The van der Waals surface area contributed by atoms with E-state index in [0.717, 1.165) is 42.4 Å². The summed E-state index contributed by atoms with van der Waals surface area (Å²) in [7, 11) is 0. The number of hydrogen-bond acceptors (Lipinski definition) is 4. The zero-order valence-corrected chi connectivity index (χ0v) is 16.9. The van der Waals surface area contributed by atoms with Crippen LogP contribution < -0.4 is 4.90 Å². The Bertz CT molecular complexity index is 881. The summed E-state index contributed by atoms with van der Waals surface area (Å²) in [6, 6.07) is 5.03. The maximum Gasteiger partial charge on any atom is 0.254 e. The highest BCUT2D eigenvalue weighted by Gasteiger charge is 2.28. The minimum Gasteiger partial charge on any atom is -0.356 e. The van der Waals surface area contributed by atoms with Gasteiger partial charge in [-0.1, -0.05) is 23.2 Å². The van der Waals surface area contributed by atoms with Gasteiger partial charge in [0, 0.05) is 37.2 Å². The maximum absolute atomic E-state index is 13.0. The Balaban J connectivity index is 1.63. The van der Waals surface area contributed by atoms with Gasteiger partial charge in [0.15, 0.2) is 0 Å². The van der Waals surface area contributed by atoms with E-state index in [9.17, 15) is 4.79 Å². The third-order valence-electron chi connectivity index (χ3n) is 5.26. The van der Waals surface area contributed by atoms with Gasteiger partial charge >= 0.3 is 0 Å². The third-order valence-corrected chi connectivity index (χ3v) is 6.00. The van der Waals surface area contributed by atoms with Crippen molar-refractivity contribution in [1.82, 2.24) is 14.9 Å². The minimum absolute atomic E-state index is 0.0376.